The van der Waals surface area contributed by atoms with E-state index >= 15 is 0 Å². The Balaban J connectivity index is 1.46. The van der Waals surface area contributed by atoms with Crippen LogP contribution in [0.2, 0.25) is 10.0 Å². The summed E-state index contributed by atoms with van der Waals surface area (Å²) in [4.78, 5) is 50.3. The predicted molar refractivity (Wildman–Crippen MR) is 146 cm³/mol. The zero-order chi connectivity index (χ0) is 30.3. The SMILES string of the molecule is Nc1nc2c(c(=O)[nH]1)n(Cc1cccc(C(=O)Oc3c(Cl)cccc3Cl)c1)c[n+]2[C@H]1O[C@@H](COP(=O)(O)O)[C@H](O)[C@@H]1O. The van der Waals surface area contributed by atoms with Crippen molar-refractivity contribution in [3.05, 3.63) is 80.3 Å². The molecule has 15 nitrogen and oxygen atoms in total. The van der Waals surface area contributed by atoms with Crippen molar-refractivity contribution in [2.24, 2.45) is 0 Å². The Kier molecular flexibility index (Phi) is 8.40. The maximum atomic E-state index is 12.9. The van der Waals surface area contributed by atoms with Crippen LogP contribution in [0.25, 0.3) is 11.2 Å². The lowest BCUT2D eigenvalue weighted by molar-refractivity contribution is -0.745. The minimum atomic E-state index is -4.88. The van der Waals surface area contributed by atoms with Crippen LogP contribution < -0.4 is 20.6 Å². The van der Waals surface area contributed by atoms with Gasteiger partial charge in [0.2, 0.25) is 11.7 Å². The number of aromatic amines is 1. The first-order valence-corrected chi connectivity index (χ1v) is 14.4. The van der Waals surface area contributed by atoms with E-state index in [-0.39, 0.29) is 45.0 Å². The van der Waals surface area contributed by atoms with Gasteiger partial charge in [-0.15, -0.1) is 0 Å². The van der Waals surface area contributed by atoms with E-state index in [1.165, 1.54) is 39.7 Å². The van der Waals surface area contributed by atoms with Gasteiger partial charge in [-0.1, -0.05) is 46.4 Å². The number of aromatic nitrogens is 4. The van der Waals surface area contributed by atoms with E-state index in [0.29, 0.717) is 5.56 Å². The predicted octanol–water partition coefficient (Wildman–Crippen LogP) is 0.897. The Morgan fingerprint density at radius 1 is 1.17 bits per heavy atom. The highest BCUT2D eigenvalue weighted by molar-refractivity contribution is 7.46. The molecule has 0 amide bonds. The van der Waals surface area contributed by atoms with Crippen molar-refractivity contribution < 1.29 is 47.9 Å². The fourth-order valence-electron chi connectivity index (χ4n) is 4.47. The Labute approximate surface area is 245 Å². The molecule has 2 aromatic carbocycles. The molecule has 0 spiro atoms. The van der Waals surface area contributed by atoms with Crippen LogP contribution in [0.3, 0.4) is 0 Å². The lowest BCUT2D eigenvalue weighted by Gasteiger charge is -2.14. The molecule has 2 aromatic heterocycles. The van der Waals surface area contributed by atoms with Crippen LogP contribution >= 0.6 is 31.0 Å². The third-order valence-electron chi connectivity index (χ3n) is 6.34. The number of phosphoric ester groups is 1. The average Bonchev–Trinajstić information content (AvgIpc) is 3.41. The van der Waals surface area contributed by atoms with E-state index in [1.807, 2.05) is 0 Å². The summed E-state index contributed by atoms with van der Waals surface area (Å²) in [5.74, 6) is -0.964. The number of nitrogens with two attached hydrogens (primary N) is 1. The number of hydrogen-bond acceptors (Lipinski definition) is 10. The van der Waals surface area contributed by atoms with Gasteiger partial charge in [-0.2, -0.15) is 0 Å². The summed E-state index contributed by atoms with van der Waals surface area (Å²) in [6, 6.07) is 11.0. The molecule has 3 heterocycles. The molecule has 5 rings (SSSR count). The molecule has 0 radical (unpaired) electrons. The second kappa shape index (κ2) is 11.7. The normalized spacial score (nSPS) is 20.7. The Hall–Kier alpha value is -3.37. The first-order valence-electron chi connectivity index (χ1n) is 12.1. The molecular formula is C24H23Cl2N5O10P+. The van der Waals surface area contributed by atoms with Crippen molar-refractivity contribution in [1.82, 2.24) is 14.5 Å². The van der Waals surface area contributed by atoms with Gasteiger partial charge in [-0.05, 0) is 29.8 Å². The summed E-state index contributed by atoms with van der Waals surface area (Å²) in [5.41, 5.74) is 5.83. The number of fused-ring (bicyclic) bond motifs is 1. The van der Waals surface area contributed by atoms with E-state index in [9.17, 15) is 24.4 Å². The molecule has 1 aliphatic heterocycles. The molecule has 18 heteroatoms. The van der Waals surface area contributed by atoms with Gasteiger partial charge >= 0.3 is 19.4 Å². The van der Waals surface area contributed by atoms with Crippen LogP contribution in [0.4, 0.5) is 5.95 Å². The van der Waals surface area contributed by atoms with E-state index in [4.69, 9.17) is 48.2 Å². The zero-order valence-electron chi connectivity index (χ0n) is 21.2. The molecule has 1 aliphatic rings. The monoisotopic (exact) mass is 642 g/mol. The first-order chi connectivity index (χ1) is 19.8. The van der Waals surface area contributed by atoms with Crippen molar-refractivity contribution >= 4 is 54.1 Å². The summed E-state index contributed by atoms with van der Waals surface area (Å²) in [6.07, 6.45) is -4.48. The number of H-pyrrole nitrogens is 1. The number of carbonyl (C=O) groups excluding carboxylic acids is 1. The largest absolute Gasteiger partial charge is 0.469 e. The number of nitrogen functional groups attached to an aromatic ring is 1. The summed E-state index contributed by atoms with van der Waals surface area (Å²) in [5, 5.41) is 21.4. The topological polar surface area (TPSA) is 223 Å². The summed E-state index contributed by atoms with van der Waals surface area (Å²) >= 11 is 12.2. The minimum absolute atomic E-state index is 0.00526. The van der Waals surface area contributed by atoms with Crippen LogP contribution in [0.5, 0.6) is 5.75 Å². The molecule has 1 fully saturated rings. The number of nitrogens with one attached hydrogen (secondary N) is 1. The van der Waals surface area contributed by atoms with Crippen LogP contribution in [0, 0.1) is 0 Å². The van der Waals surface area contributed by atoms with Crippen molar-refractivity contribution in [1.29, 1.82) is 0 Å². The molecule has 1 saturated heterocycles. The van der Waals surface area contributed by atoms with E-state index in [0.717, 1.165) is 0 Å². The number of ether oxygens (including phenoxy) is 2. The van der Waals surface area contributed by atoms with Gasteiger partial charge < -0.3 is 35.2 Å². The number of phosphoric acid groups is 1. The molecule has 0 unspecified atom stereocenters. The number of esters is 1. The highest BCUT2D eigenvalue weighted by Gasteiger charge is 2.47. The third-order valence-corrected chi connectivity index (χ3v) is 7.42. The lowest BCUT2D eigenvalue weighted by Crippen LogP contribution is -2.46. The number of hydrogen-bond donors (Lipinski definition) is 6. The van der Waals surface area contributed by atoms with Crippen LogP contribution in [0.1, 0.15) is 22.1 Å². The Morgan fingerprint density at radius 3 is 2.55 bits per heavy atom. The van der Waals surface area contributed by atoms with E-state index in [1.54, 1.807) is 18.2 Å². The highest BCUT2D eigenvalue weighted by atomic mass is 35.5. The number of nitrogens with zero attached hydrogens (tertiary/aromatic N) is 3. The highest BCUT2D eigenvalue weighted by Crippen LogP contribution is 2.38. The van der Waals surface area contributed by atoms with Gasteiger partial charge in [-0.3, -0.25) is 18.9 Å². The Bertz CT molecular complexity index is 1760. The molecule has 222 valence electrons. The van der Waals surface area contributed by atoms with Gasteiger partial charge in [0.25, 0.3) is 11.5 Å². The number of halogens is 2. The molecule has 42 heavy (non-hydrogen) atoms. The van der Waals surface area contributed by atoms with E-state index in [2.05, 4.69) is 14.5 Å². The average molecular weight is 643 g/mol. The fraction of sp³-hybridized carbons (Fsp3) is 0.250. The summed E-state index contributed by atoms with van der Waals surface area (Å²) < 4.78 is 29.3. The minimum Gasteiger partial charge on any atom is -0.420 e. The quantitative estimate of drug-likeness (QED) is 0.0682. The van der Waals surface area contributed by atoms with Gasteiger partial charge in [0, 0.05) is 0 Å². The second-order valence-corrected chi connectivity index (χ2v) is 11.3. The summed E-state index contributed by atoms with van der Waals surface area (Å²) in [7, 11) is -4.88. The molecule has 0 aliphatic carbocycles. The number of para-hydroxylation sites is 1. The second-order valence-electron chi connectivity index (χ2n) is 9.25. The molecule has 4 atom stereocenters. The van der Waals surface area contributed by atoms with Gasteiger partial charge in [0.1, 0.15) is 18.3 Å². The van der Waals surface area contributed by atoms with Crippen molar-refractivity contribution in [2.45, 2.75) is 31.1 Å². The number of benzene rings is 2. The van der Waals surface area contributed by atoms with Crippen molar-refractivity contribution in [3.63, 3.8) is 0 Å². The van der Waals surface area contributed by atoms with Crippen molar-refractivity contribution in [2.75, 3.05) is 12.3 Å². The maximum absolute atomic E-state index is 12.9. The van der Waals surface area contributed by atoms with Gasteiger partial charge in [-0.25, -0.2) is 13.9 Å². The lowest BCUT2D eigenvalue weighted by atomic mass is 10.1. The fourth-order valence-corrected chi connectivity index (χ4v) is 5.29. The third kappa shape index (κ3) is 6.20. The zero-order valence-corrected chi connectivity index (χ0v) is 23.6. The van der Waals surface area contributed by atoms with Gasteiger partial charge in [0.15, 0.2) is 12.1 Å². The molecule has 4 aromatic rings. The van der Waals surface area contributed by atoms with Crippen LogP contribution in [-0.2, 0) is 20.4 Å². The number of anilines is 1. The molecular weight excluding hydrogens is 620 g/mol. The summed E-state index contributed by atoms with van der Waals surface area (Å²) in [6.45, 7) is -0.709. The standard InChI is InChI=1S/C24H22Cl2N5O10P/c25-13-5-2-6-14(26)19(13)41-23(35)12-4-1-3-11(7-12)8-30-10-31(20-16(30)21(34)29-24(27)28-20)22-18(33)17(32)15(40-22)9-39-42(36,37)38/h1-7,10,15,17-18,22,32-33H,8-9H2,(H4-,27,28,29,34,36,37,38)/p+1/t15-,17-,18-,22-/m0/s1. The van der Waals surface area contributed by atoms with Crippen LogP contribution in [0.15, 0.2) is 53.6 Å². The molecule has 7 N–H and O–H groups in total. The van der Waals surface area contributed by atoms with E-state index < -0.39 is 50.5 Å². The number of aliphatic hydroxyl groups is 2. The van der Waals surface area contributed by atoms with Crippen molar-refractivity contribution in [3.8, 4) is 5.75 Å². The number of aliphatic hydroxyl groups excluding tert-OH is 2. The Morgan fingerprint density at radius 2 is 1.86 bits per heavy atom. The maximum Gasteiger partial charge on any atom is 0.469 e. The number of carbonyl (C=O) groups is 1. The smallest absolute Gasteiger partial charge is 0.420 e. The number of imidazole rings is 1. The number of rotatable bonds is 8. The molecule has 0 saturated carbocycles. The van der Waals surface area contributed by atoms with Crippen LogP contribution in [-0.4, -0.2) is 65.4 Å². The first kappa shape index (κ1) is 30.1. The molecule has 0 bridgehead atoms. The van der Waals surface area contributed by atoms with Gasteiger partial charge in [0.05, 0.1) is 28.8 Å².